The lowest BCUT2D eigenvalue weighted by molar-refractivity contribution is -0.172. The van der Waals surface area contributed by atoms with Gasteiger partial charge in [0.25, 0.3) is 0 Å². The summed E-state index contributed by atoms with van der Waals surface area (Å²) in [4.78, 5) is 46.8. The molecule has 0 aliphatic heterocycles. The zero-order chi connectivity index (χ0) is 19.4. The summed E-state index contributed by atoms with van der Waals surface area (Å²) in [5, 5.41) is 0. The summed E-state index contributed by atoms with van der Waals surface area (Å²) in [6, 6.07) is 8.80. The second-order valence-corrected chi connectivity index (χ2v) is 5.26. The van der Waals surface area contributed by atoms with E-state index in [1.165, 1.54) is 0 Å². The fourth-order valence-corrected chi connectivity index (χ4v) is 1.97. The lowest BCUT2D eigenvalue weighted by atomic mass is 10.1. The Morgan fingerprint density at radius 3 is 2.27 bits per heavy atom. The zero-order valence-corrected chi connectivity index (χ0v) is 14.8. The van der Waals surface area contributed by atoms with E-state index >= 15 is 0 Å². The summed E-state index contributed by atoms with van der Waals surface area (Å²) < 4.78 is 14.4. The fourth-order valence-electron chi connectivity index (χ4n) is 1.97. The van der Waals surface area contributed by atoms with E-state index in [-0.39, 0.29) is 19.4 Å². The molecule has 0 aliphatic carbocycles. The third kappa shape index (κ3) is 8.23. The predicted octanol–water partition coefficient (Wildman–Crippen LogP) is 2.13. The molecule has 1 rings (SSSR count). The number of carbonyl (C=O) groups excluding carboxylic acids is 4. The van der Waals surface area contributed by atoms with Crippen LogP contribution in [-0.2, 0) is 39.8 Å². The van der Waals surface area contributed by atoms with Crippen molar-refractivity contribution in [3.05, 3.63) is 48.0 Å². The average Bonchev–Trinajstić information content (AvgIpc) is 2.60. The average molecular weight is 362 g/mol. The Hall–Kier alpha value is -2.96. The molecule has 0 saturated carbocycles. The highest BCUT2D eigenvalue weighted by atomic mass is 16.6. The molecule has 0 heterocycles. The monoisotopic (exact) mass is 362 g/mol. The Bertz CT molecular complexity index is 649. The van der Waals surface area contributed by atoms with Gasteiger partial charge in [0.15, 0.2) is 6.10 Å². The van der Waals surface area contributed by atoms with Crippen LogP contribution in [0.5, 0.6) is 0 Å². The third-order valence-electron chi connectivity index (χ3n) is 3.12. The van der Waals surface area contributed by atoms with E-state index in [0.717, 1.165) is 12.2 Å². The molecule has 0 radical (unpaired) electrons. The summed E-state index contributed by atoms with van der Waals surface area (Å²) in [5.74, 6) is -3.27. The molecule has 140 valence electrons. The zero-order valence-electron chi connectivity index (χ0n) is 14.8. The second-order valence-electron chi connectivity index (χ2n) is 5.26. The lowest BCUT2D eigenvalue weighted by Gasteiger charge is -2.14. The standard InChI is InChI=1S/C19H22O7/c1-3-8-15(25-17(21)12-11-16(20)24-4-2)19(23)26-18(22)13-14-9-6-5-7-10-14/h5-7,9-12,15H,3-4,8,13H2,1-2H3/b12-11-. The maximum Gasteiger partial charge on any atom is 0.355 e. The first kappa shape index (κ1) is 21.1. The van der Waals surface area contributed by atoms with E-state index < -0.39 is 30.0 Å². The number of rotatable bonds is 9. The largest absolute Gasteiger partial charge is 0.463 e. The van der Waals surface area contributed by atoms with Crippen molar-refractivity contribution in [1.29, 1.82) is 0 Å². The smallest absolute Gasteiger partial charge is 0.355 e. The van der Waals surface area contributed by atoms with Crippen molar-refractivity contribution in [2.75, 3.05) is 6.61 Å². The molecule has 26 heavy (non-hydrogen) atoms. The Labute approximate surface area is 151 Å². The maximum absolute atomic E-state index is 12.1. The Morgan fingerprint density at radius 1 is 1.00 bits per heavy atom. The molecule has 1 atom stereocenters. The van der Waals surface area contributed by atoms with Gasteiger partial charge in [-0.2, -0.15) is 0 Å². The first-order valence-corrected chi connectivity index (χ1v) is 8.30. The summed E-state index contributed by atoms with van der Waals surface area (Å²) in [7, 11) is 0. The minimum atomic E-state index is -1.22. The highest BCUT2D eigenvalue weighted by Crippen LogP contribution is 2.08. The molecule has 7 nitrogen and oxygen atoms in total. The van der Waals surface area contributed by atoms with Gasteiger partial charge in [0.1, 0.15) is 0 Å². The van der Waals surface area contributed by atoms with Gasteiger partial charge in [0.2, 0.25) is 0 Å². The Balaban J connectivity index is 2.58. The quantitative estimate of drug-likeness (QED) is 0.287. The molecule has 0 aromatic heterocycles. The number of carbonyl (C=O) groups is 4. The SMILES string of the molecule is CCCC(OC(=O)/C=C\C(=O)OCC)C(=O)OC(=O)Cc1ccccc1. The molecule has 0 spiro atoms. The van der Waals surface area contributed by atoms with Crippen LogP contribution >= 0.6 is 0 Å². The number of hydrogen-bond acceptors (Lipinski definition) is 7. The molecule has 0 N–H and O–H groups in total. The van der Waals surface area contributed by atoms with Crippen LogP contribution in [0.1, 0.15) is 32.3 Å². The summed E-state index contributed by atoms with van der Waals surface area (Å²) in [5.41, 5.74) is 0.701. The molecule has 0 fully saturated rings. The van der Waals surface area contributed by atoms with Gasteiger partial charge in [-0.3, -0.25) is 4.79 Å². The van der Waals surface area contributed by atoms with Crippen LogP contribution in [0.2, 0.25) is 0 Å². The molecular weight excluding hydrogens is 340 g/mol. The van der Waals surface area contributed by atoms with Gasteiger partial charge in [-0.1, -0.05) is 43.7 Å². The van der Waals surface area contributed by atoms with Gasteiger partial charge in [-0.05, 0) is 18.9 Å². The molecule has 0 aliphatic rings. The molecule has 0 saturated heterocycles. The highest BCUT2D eigenvalue weighted by Gasteiger charge is 2.25. The topological polar surface area (TPSA) is 96.0 Å². The Morgan fingerprint density at radius 2 is 1.65 bits per heavy atom. The number of ether oxygens (including phenoxy) is 3. The molecule has 1 aromatic carbocycles. The summed E-state index contributed by atoms with van der Waals surface area (Å²) in [6.45, 7) is 3.59. The van der Waals surface area contributed by atoms with E-state index in [2.05, 4.69) is 4.74 Å². The van der Waals surface area contributed by atoms with Crippen molar-refractivity contribution in [2.45, 2.75) is 39.2 Å². The molecule has 7 heteroatoms. The predicted molar refractivity (Wildman–Crippen MR) is 91.8 cm³/mol. The molecule has 1 aromatic rings. The molecular formula is C19H22O7. The second kappa shape index (κ2) is 11.6. The van der Waals surface area contributed by atoms with E-state index in [4.69, 9.17) is 9.47 Å². The van der Waals surface area contributed by atoms with Crippen LogP contribution in [0.3, 0.4) is 0 Å². The van der Waals surface area contributed by atoms with Gasteiger partial charge >= 0.3 is 23.9 Å². The van der Waals surface area contributed by atoms with E-state index in [0.29, 0.717) is 12.0 Å². The first-order chi connectivity index (χ1) is 12.5. The van der Waals surface area contributed by atoms with Crippen molar-refractivity contribution < 1.29 is 33.4 Å². The van der Waals surface area contributed by atoms with Gasteiger partial charge in [-0.15, -0.1) is 0 Å². The van der Waals surface area contributed by atoms with E-state index in [9.17, 15) is 19.2 Å². The number of hydrogen-bond donors (Lipinski definition) is 0. The molecule has 1 unspecified atom stereocenters. The van der Waals surface area contributed by atoms with Crippen LogP contribution in [0, 0.1) is 0 Å². The normalized spacial score (nSPS) is 11.6. The molecule has 0 bridgehead atoms. The van der Waals surface area contributed by atoms with Gasteiger partial charge < -0.3 is 14.2 Å². The van der Waals surface area contributed by atoms with Crippen LogP contribution in [0.4, 0.5) is 0 Å². The molecule has 0 amide bonds. The van der Waals surface area contributed by atoms with Crippen molar-refractivity contribution in [3.63, 3.8) is 0 Å². The maximum atomic E-state index is 12.1. The third-order valence-corrected chi connectivity index (χ3v) is 3.12. The first-order valence-electron chi connectivity index (χ1n) is 8.30. The van der Waals surface area contributed by atoms with Crippen molar-refractivity contribution in [1.82, 2.24) is 0 Å². The van der Waals surface area contributed by atoms with Crippen LogP contribution < -0.4 is 0 Å². The van der Waals surface area contributed by atoms with Crippen LogP contribution in [-0.4, -0.2) is 36.6 Å². The van der Waals surface area contributed by atoms with E-state index in [1.807, 2.05) is 0 Å². The van der Waals surface area contributed by atoms with Crippen molar-refractivity contribution in [2.24, 2.45) is 0 Å². The van der Waals surface area contributed by atoms with Crippen LogP contribution in [0.15, 0.2) is 42.5 Å². The van der Waals surface area contributed by atoms with Crippen LogP contribution in [0.25, 0.3) is 0 Å². The minimum absolute atomic E-state index is 0.0673. The van der Waals surface area contributed by atoms with E-state index in [1.54, 1.807) is 44.2 Å². The van der Waals surface area contributed by atoms with Gasteiger partial charge in [0.05, 0.1) is 13.0 Å². The lowest BCUT2D eigenvalue weighted by Crippen LogP contribution is -2.31. The summed E-state index contributed by atoms with van der Waals surface area (Å²) >= 11 is 0. The Kier molecular flexibility index (Phi) is 9.38. The summed E-state index contributed by atoms with van der Waals surface area (Å²) in [6.07, 6.45) is 1.19. The minimum Gasteiger partial charge on any atom is -0.463 e. The van der Waals surface area contributed by atoms with Crippen molar-refractivity contribution >= 4 is 23.9 Å². The number of benzene rings is 1. The van der Waals surface area contributed by atoms with Gasteiger partial charge in [0, 0.05) is 12.2 Å². The van der Waals surface area contributed by atoms with Gasteiger partial charge in [-0.25, -0.2) is 14.4 Å². The highest BCUT2D eigenvalue weighted by molar-refractivity contribution is 5.94. The fraction of sp³-hybridized carbons (Fsp3) is 0.368. The van der Waals surface area contributed by atoms with Crippen molar-refractivity contribution in [3.8, 4) is 0 Å². The number of esters is 4.